The van der Waals surface area contributed by atoms with E-state index < -0.39 is 0 Å². The normalized spacial score (nSPS) is 12.3. The fourth-order valence-electron chi connectivity index (χ4n) is 2.10. The van der Waals surface area contributed by atoms with E-state index in [1.54, 1.807) is 0 Å². The van der Waals surface area contributed by atoms with Gasteiger partial charge in [-0.15, -0.1) is 11.6 Å². The highest BCUT2D eigenvalue weighted by Gasteiger charge is 2.22. The van der Waals surface area contributed by atoms with Crippen LogP contribution in [-0.2, 0) is 6.54 Å². The highest BCUT2D eigenvalue weighted by atomic mass is 35.5. The predicted octanol–water partition coefficient (Wildman–Crippen LogP) is 3.99. The van der Waals surface area contributed by atoms with E-state index in [1.807, 2.05) is 13.0 Å². The lowest BCUT2D eigenvalue weighted by Crippen LogP contribution is -2.42. The number of benzene rings is 1. The Morgan fingerprint density at radius 2 is 1.95 bits per heavy atom. The van der Waals surface area contributed by atoms with E-state index in [4.69, 9.17) is 11.6 Å². The first kappa shape index (κ1) is 14.3. The first-order valence-corrected chi connectivity index (χ1v) is 7.10. The summed E-state index contributed by atoms with van der Waals surface area (Å²) in [6.45, 7) is 7.25. The first-order valence-electron chi connectivity index (χ1n) is 6.56. The number of rotatable bonds is 4. The number of nitrogens with zero attached hydrogens (tertiary/aromatic N) is 2. The summed E-state index contributed by atoms with van der Waals surface area (Å²) in [6, 6.07) is 10.5. The van der Waals surface area contributed by atoms with Gasteiger partial charge in [0.1, 0.15) is 0 Å². The first-order chi connectivity index (χ1) is 8.94. The number of para-hydroxylation sites is 1. The molecule has 0 aliphatic carbocycles. The second-order valence-electron chi connectivity index (χ2n) is 5.74. The van der Waals surface area contributed by atoms with Crippen LogP contribution in [0, 0.1) is 6.92 Å². The molecule has 0 saturated carbocycles. The van der Waals surface area contributed by atoms with E-state index in [9.17, 15) is 0 Å². The number of halogens is 1. The molecule has 0 saturated heterocycles. The summed E-state index contributed by atoms with van der Waals surface area (Å²) in [5, 5.41) is 1.23. The van der Waals surface area contributed by atoms with E-state index in [0.29, 0.717) is 5.88 Å². The van der Waals surface area contributed by atoms with Crippen molar-refractivity contribution in [2.24, 2.45) is 0 Å². The predicted molar refractivity (Wildman–Crippen MR) is 82.7 cm³/mol. The Balaban J connectivity index is 2.40. The second kappa shape index (κ2) is 5.48. The molecule has 1 heterocycles. The third kappa shape index (κ3) is 3.07. The molecule has 1 aromatic heterocycles. The van der Waals surface area contributed by atoms with E-state index in [1.165, 1.54) is 10.9 Å². The summed E-state index contributed by atoms with van der Waals surface area (Å²) in [5.74, 6) is 0.617. The van der Waals surface area contributed by atoms with Gasteiger partial charge in [0.15, 0.2) is 0 Å². The molecule has 102 valence electrons. The lowest BCUT2D eigenvalue weighted by molar-refractivity contribution is 0.171. The maximum atomic E-state index is 6.05. The Kier molecular flexibility index (Phi) is 4.12. The Hall–Kier alpha value is -1.12. The molecule has 2 rings (SSSR count). The van der Waals surface area contributed by atoms with Crippen LogP contribution in [0.1, 0.15) is 25.1 Å². The van der Waals surface area contributed by atoms with Gasteiger partial charge in [0.2, 0.25) is 0 Å². The van der Waals surface area contributed by atoms with Crippen LogP contribution in [-0.4, -0.2) is 28.4 Å². The average Bonchev–Trinajstić information content (AvgIpc) is 2.38. The molecular formula is C16H21ClN2. The molecule has 0 aliphatic rings. The number of fused-ring (bicyclic) bond motifs is 1. The van der Waals surface area contributed by atoms with Crippen molar-refractivity contribution in [3.8, 4) is 0 Å². The Morgan fingerprint density at radius 3 is 2.63 bits per heavy atom. The minimum atomic E-state index is -0.0141. The van der Waals surface area contributed by atoms with Crippen LogP contribution in [0.5, 0.6) is 0 Å². The van der Waals surface area contributed by atoms with Gasteiger partial charge < -0.3 is 0 Å². The Labute approximate surface area is 120 Å². The zero-order chi connectivity index (χ0) is 14.0. The van der Waals surface area contributed by atoms with E-state index >= 15 is 0 Å². The van der Waals surface area contributed by atoms with Crippen molar-refractivity contribution in [3.63, 3.8) is 0 Å². The van der Waals surface area contributed by atoms with Crippen LogP contribution in [0.25, 0.3) is 10.9 Å². The molecule has 3 heteroatoms. The number of aryl methyl sites for hydroxylation is 1. The van der Waals surface area contributed by atoms with Gasteiger partial charge in [-0.05, 0) is 45.5 Å². The molecule has 0 spiro atoms. The van der Waals surface area contributed by atoms with Gasteiger partial charge in [-0.1, -0.05) is 18.2 Å². The van der Waals surface area contributed by atoms with Crippen molar-refractivity contribution in [3.05, 3.63) is 41.6 Å². The van der Waals surface area contributed by atoms with Crippen molar-refractivity contribution < 1.29 is 0 Å². The molecule has 0 unspecified atom stereocenters. The van der Waals surface area contributed by atoms with E-state index in [0.717, 1.165) is 17.8 Å². The third-order valence-electron chi connectivity index (χ3n) is 3.70. The molecule has 0 N–H and O–H groups in total. The van der Waals surface area contributed by atoms with Crippen LogP contribution >= 0.6 is 11.6 Å². The van der Waals surface area contributed by atoms with Crippen molar-refractivity contribution in [1.29, 1.82) is 0 Å². The van der Waals surface area contributed by atoms with E-state index in [2.05, 4.69) is 55.0 Å². The zero-order valence-electron chi connectivity index (χ0n) is 12.1. The molecule has 0 fully saturated rings. The quantitative estimate of drug-likeness (QED) is 0.785. The standard InChI is InChI=1S/C16H21ClN2/c1-12-9-13(10-19(4)16(2,3)11-17)14-7-5-6-8-15(14)18-12/h5-9H,10-11H2,1-4H3. The SMILES string of the molecule is Cc1cc(CN(C)C(C)(C)CCl)c2ccccc2n1. The summed E-state index contributed by atoms with van der Waals surface area (Å²) in [6.07, 6.45) is 0. The molecular weight excluding hydrogens is 256 g/mol. The highest BCUT2D eigenvalue weighted by Crippen LogP contribution is 2.23. The topological polar surface area (TPSA) is 16.1 Å². The van der Waals surface area contributed by atoms with Gasteiger partial charge in [-0.2, -0.15) is 0 Å². The number of alkyl halides is 1. The van der Waals surface area contributed by atoms with Crippen LogP contribution in [0.15, 0.2) is 30.3 Å². The van der Waals surface area contributed by atoms with Crippen molar-refractivity contribution >= 4 is 22.5 Å². The fourth-order valence-corrected chi connectivity index (χ4v) is 2.30. The number of hydrogen-bond donors (Lipinski definition) is 0. The third-order valence-corrected chi connectivity index (χ3v) is 4.35. The van der Waals surface area contributed by atoms with Crippen molar-refractivity contribution in [1.82, 2.24) is 9.88 Å². The molecule has 19 heavy (non-hydrogen) atoms. The highest BCUT2D eigenvalue weighted by molar-refractivity contribution is 6.18. The average molecular weight is 277 g/mol. The Morgan fingerprint density at radius 1 is 1.26 bits per heavy atom. The monoisotopic (exact) mass is 276 g/mol. The summed E-state index contributed by atoms with van der Waals surface area (Å²) in [5.41, 5.74) is 3.42. The molecule has 0 bridgehead atoms. The van der Waals surface area contributed by atoms with Gasteiger partial charge >= 0.3 is 0 Å². The molecule has 0 aliphatic heterocycles. The zero-order valence-corrected chi connectivity index (χ0v) is 12.8. The molecule has 2 nitrogen and oxygen atoms in total. The van der Waals surface area contributed by atoms with Crippen LogP contribution < -0.4 is 0 Å². The van der Waals surface area contributed by atoms with Crippen LogP contribution in [0.2, 0.25) is 0 Å². The minimum Gasteiger partial charge on any atom is -0.296 e. The smallest absolute Gasteiger partial charge is 0.0708 e. The van der Waals surface area contributed by atoms with Gasteiger partial charge in [0.05, 0.1) is 5.52 Å². The molecule has 0 atom stereocenters. The van der Waals surface area contributed by atoms with Gasteiger partial charge in [-0.25, -0.2) is 0 Å². The number of hydrogen-bond acceptors (Lipinski definition) is 2. The summed E-state index contributed by atoms with van der Waals surface area (Å²) in [4.78, 5) is 6.87. The Bertz CT molecular complexity index is 578. The van der Waals surface area contributed by atoms with Gasteiger partial charge in [0.25, 0.3) is 0 Å². The molecule has 2 aromatic rings. The number of pyridine rings is 1. The molecule has 1 aromatic carbocycles. The summed E-state index contributed by atoms with van der Waals surface area (Å²) < 4.78 is 0. The van der Waals surface area contributed by atoms with Crippen LogP contribution in [0.3, 0.4) is 0 Å². The second-order valence-corrected chi connectivity index (χ2v) is 6.01. The van der Waals surface area contributed by atoms with E-state index in [-0.39, 0.29) is 5.54 Å². The van der Waals surface area contributed by atoms with Gasteiger partial charge in [-0.3, -0.25) is 9.88 Å². The maximum absolute atomic E-state index is 6.05. The van der Waals surface area contributed by atoms with Gasteiger partial charge in [0, 0.05) is 29.0 Å². The summed E-state index contributed by atoms with van der Waals surface area (Å²) >= 11 is 6.05. The number of aromatic nitrogens is 1. The van der Waals surface area contributed by atoms with Crippen LogP contribution in [0.4, 0.5) is 0 Å². The van der Waals surface area contributed by atoms with Crippen molar-refractivity contribution in [2.75, 3.05) is 12.9 Å². The minimum absolute atomic E-state index is 0.0141. The fraction of sp³-hybridized carbons (Fsp3) is 0.438. The van der Waals surface area contributed by atoms with Crippen molar-refractivity contribution in [2.45, 2.75) is 32.9 Å². The largest absolute Gasteiger partial charge is 0.296 e. The lowest BCUT2D eigenvalue weighted by atomic mass is 10.0. The lowest BCUT2D eigenvalue weighted by Gasteiger charge is -2.34. The summed E-state index contributed by atoms with van der Waals surface area (Å²) in [7, 11) is 2.12. The molecule has 0 radical (unpaired) electrons. The maximum Gasteiger partial charge on any atom is 0.0708 e. The molecule has 0 amide bonds.